The van der Waals surface area contributed by atoms with E-state index in [0.717, 1.165) is 12.1 Å². The lowest BCUT2D eigenvalue weighted by Crippen LogP contribution is -2.32. The van der Waals surface area contributed by atoms with E-state index in [4.69, 9.17) is 19.5 Å². The van der Waals surface area contributed by atoms with Gasteiger partial charge in [0.15, 0.2) is 18.3 Å². The van der Waals surface area contributed by atoms with Crippen LogP contribution in [0.5, 0.6) is 11.5 Å². The molecule has 0 saturated heterocycles. The Morgan fingerprint density at radius 3 is 2.50 bits per heavy atom. The maximum absolute atomic E-state index is 13.1. The minimum atomic E-state index is -1.85. The van der Waals surface area contributed by atoms with Crippen LogP contribution in [0.4, 0.5) is 4.39 Å². The minimum absolute atomic E-state index is 0.0424. The molecule has 1 aromatic carbocycles. The van der Waals surface area contributed by atoms with Crippen molar-refractivity contribution in [3.8, 4) is 11.5 Å². The van der Waals surface area contributed by atoms with Crippen LogP contribution in [0.3, 0.4) is 0 Å². The zero-order chi connectivity index (χ0) is 12.1. The Balaban J connectivity index is 3.16. The summed E-state index contributed by atoms with van der Waals surface area (Å²) in [4.78, 5) is 0. The topological polar surface area (TPSA) is 68.2 Å². The molecule has 88 valence electrons. The SMILES string of the molecule is COCOc1c(OC)cc(F)cc1B(O)O. The van der Waals surface area contributed by atoms with Crippen molar-refractivity contribution in [1.29, 1.82) is 0 Å². The first-order valence-electron chi connectivity index (χ1n) is 4.45. The second kappa shape index (κ2) is 5.69. The van der Waals surface area contributed by atoms with Gasteiger partial charge in [-0.15, -0.1) is 0 Å². The van der Waals surface area contributed by atoms with Crippen LogP contribution in [-0.4, -0.2) is 38.2 Å². The molecule has 0 spiro atoms. The Morgan fingerprint density at radius 1 is 1.31 bits per heavy atom. The number of hydrogen-bond acceptors (Lipinski definition) is 5. The van der Waals surface area contributed by atoms with Gasteiger partial charge in [-0.1, -0.05) is 0 Å². The van der Waals surface area contributed by atoms with E-state index in [2.05, 4.69) is 4.74 Å². The van der Waals surface area contributed by atoms with Gasteiger partial charge < -0.3 is 24.3 Å². The Bertz CT molecular complexity index is 358. The summed E-state index contributed by atoms with van der Waals surface area (Å²) in [5.74, 6) is -0.536. The monoisotopic (exact) mass is 230 g/mol. The van der Waals surface area contributed by atoms with Crippen molar-refractivity contribution < 1.29 is 28.6 Å². The first-order chi connectivity index (χ1) is 7.60. The predicted octanol–water partition coefficient (Wildman–Crippen LogP) is -0.503. The molecule has 7 heteroatoms. The van der Waals surface area contributed by atoms with Crippen LogP contribution in [0.25, 0.3) is 0 Å². The van der Waals surface area contributed by atoms with Crippen LogP contribution in [-0.2, 0) is 4.74 Å². The summed E-state index contributed by atoms with van der Waals surface area (Å²) in [6.45, 7) is -0.109. The molecule has 1 rings (SSSR count). The first kappa shape index (κ1) is 12.8. The Morgan fingerprint density at radius 2 is 2.00 bits per heavy atom. The summed E-state index contributed by atoms with van der Waals surface area (Å²) >= 11 is 0. The van der Waals surface area contributed by atoms with E-state index in [1.54, 1.807) is 0 Å². The highest BCUT2D eigenvalue weighted by atomic mass is 19.1. The van der Waals surface area contributed by atoms with Gasteiger partial charge in [0.1, 0.15) is 5.82 Å². The van der Waals surface area contributed by atoms with Crippen molar-refractivity contribution in [2.45, 2.75) is 0 Å². The van der Waals surface area contributed by atoms with E-state index >= 15 is 0 Å². The molecule has 0 fully saturated rings. The molecule has 0 amide bonds. The smallest absolute Gasteiger partial charge is 0.492 e. The van der Waals surface area contributed by atoms with Gasteiger partial charge in [0.05, 0.1) is 7.11 Å². The summed E-state index contributed by atoms with van der Waals surface area (Å²) in [6, 6.07) is 2.04. The zero-order valence-corrected chi connectivity index (χ0v) is 8.94. The van der Waals surface area contributed by atoms with Crippen molar-refractivity contribution in [1.82, 2.24) is 0 Å². The second-order valence-electron chi connectivity index (χ2n) is 2.95. The van der Waals surface area contributed by atoms with Crippen molar-refractivity contribution >= 4 is 12.6 Å². The number of ether oxygens (including phenoxy) is 3. The Labute approximate surface area is 92.5 Å². The summed E-state index contributed by atoms with van der Waals surface area (Å²) in [5, 5.41) is 18.1. The average Bonchev–Trinajstić information content (AvgIpc) is 2.26. The number of rotatable bonds is 5. The molecule has 0 heterocycles. The van der Waals surface area contributed by atoms with E-state index in [0.29, 0.717) is 0 Å². The summed E-state index contributed by atoms with van der Waals surface area (Å²) < 4.78 is 27.7. The minimum Gasteiger partial charge on any atom is -0.493 e. The molecular formula is C9H12BFO5. The van der Waals surface area contributed by atoms with Crippen LogP contribution in [0.2, 0.25) is 0 Å². The van der Waals surface area contributed by atoms with E-state index in [1.807, 2.05) is 0 Å². The molecule has 0 aromatic heterocycles. The quantitative estimate of drug-likeness (QED) is 0.527. The first-order valence-corrected chi connectivity index (χ1v) is 4.45. The van der Waals surface area contributed by atoms with Crippen LogP contribution < -0.4 is 14.9 Å². The standard InChI is InChI=1S/C9H12BFO5/c1-14-5-16-9-7(10(12)13)3-6(11)4-8(9)15-2/h3-4,12-13H,5H2,1-2H3. The summed E-state index contributed by atoms with van der Waals surface area (Å²) in [5.41, 5.74) is -0.117. The molecule has 1 aromatic rings. The van der Waals surface area contributed by atoms with Gasteiger partial charge in [0, 0.05) is 18.6 Å². The van der Waals surface area contributed by atoms with Crippen molar-refractivity contribution in [2.75, 3.05) is 21.0 Å². The highest BCUT2D eigenvalue weighted by Crippen LogP contribution is 2.26. The lowest BCUT2D eigenvalue weighted by molar-refractivity contribution is 0.0497. The number of methoxy groups -OCH3 is 2. The molecule has 5 nitrogen and oxygen atoms in total. The molecule has 0 bridgehead atoms. The van der Waals surface area contributed by atoms with Gasteiger partial charge in [-0.25, -0.2) is 4.39 Å². The number of hydrogen-bond donors (Lipinski definition) is 2. The van der Waals surface area contributed by atoms with Crippen molar-refractivity contribution in [2.24, 2.45) is 0 Å². The van der Waals surface area contributed by atoms with Gasteiger partial charge >= 0.3 is 7.12 Å². The third-order valence-corrected chi connectivity index (χ3v) is 1.87. The molecule has 0 atom stereocenters. The van der Waals surface area contributed by atoms with Crippen molar-refractivity contribution in [3.05, 3.63) is 17.9 Å². The molecule has 0 radical (unpaired) electrons. The maximum atomic E-state index is 13.1. The van der Waals surface area contributed by atoms with E-state index in [9.17, 15) is 4.39 Å². The van der Waals surface area contributed by atoms with Crippen LogP contribution in [0.1, 0.15) is 0 Å². The third-order valence-electron chi connectivity index (χ3n) is 1.87. The predicted molar refractivity (Wildman–Crippen MR) is 55.3 cm³/mol. The number of benzene rings is 1. The largest absolute Gasteiger partial charge is 0.493 e. The van der Waals surface area contributed by atoms with Gasteiger partial charge in [-0.3, -0.25) is 0 Å². The van der Waals surface area contributed by atoms with Crippen LogP contribution in [0, 0.1) is 5.82 Å². The summed E-state index contributed by atoms with van der Waals surface area (Å²) in [6.07, 6.45) is 0. The van der Waals surface area contributed by atoms with Gasteiger partial charge in [-0.05, 0) is 6.07 Å². The highest BCUT2D eigenvalue weighted by Gasteiger charge is 2.22. The lowest BCUT2D eigenvalue weighted by atomic mass is 9.79. The zero-order valence-electron chi connectivity index (χ0n) is 8.94. The molecule has 16 heavy (non-hydrogen) atoms. The Hall–Kier alpha value is -1.31. The van der Waals surface area contributed by atoms with Gasteiger partial charge in [0.25, 0.3) is 0 Å². The molecular weight excluding hydrogens is 218 g/mol. The fourth-order valence-electron chi connectivity index (χ4n) is 1.20. The van der Waals surface area contributed by atoms with Crippen LogP contribution >= 0.6 is 0 Å². The van der Waals surface area contributed by atoms with E-state index in [-0.39, 0.29) is 23.8 Å². The fourth-order valence-corrected chi connectivity index (χ4v) is 1.20. The molecule has 0 aliphatic rings. The van der Waals surface area contributed by atoms with Gasteiger partial charge in [-0.2, -0.15) is 0 Å². The lowest BCUT2D eigenvalue weighted by Gasteiger charge is -2.14. The molecule has 0 saturated carbocycles. The maximum Gasteiger partial charge on any atom is 0.492 e. The van der Waals surface area contributed by atoms with Gasteiger partial charge in [0.2, 0.25) is 0 Å². The highest BCUT2D eigenvalue weighted by molar-refractivity contribution is 6.59. The fraction of sp³-hybridized carbons (Fsp3) is 0.333. The van der Waals surface area contributed by atoms with E-state index < -0.39 is 12.9 Å². The van der Waals surface area contributed by atoms with E-state index in [1.165, 1.54) is 14.2 Å². The van der Waals surface area contributed by atoms with Crippen molar-refractivity contribution in [3.63, 3.8) is 0 Å². The number of halogens is 1. The van der Waals surface area contributed by atoms with Crippen LogP contribution in [0.15, 0.2) is 12.1 Å². The average molecular weight is 230 g/mol. The Kier molecular flexibility index (Phi) is 4.54. The summed E-state index contributed by atoms with van der Waals surface area (Å²) in [7, 11) is 0.879. The molecule has 2 N–H and O–H groups in total. The third kappa shape index (κ3) is 2.85. The molecule has 0 aliphatic carbocycles. The second-order valence-corrected chi connectivity index (χ2v) is 2.95. The normalized spacial score (nSPS) is 10.1. The molecule has 0 unspecified atom stereocenters. The molecule has 0 aliphatic heterocycles.